The fourth-order valence-electron chi connectivity index (χ4n) is 1.29. The quantitative estimate of drug-likeness (QED) is 0.491. The van der Waals surface area contributed by atoms with Crippen molar-refractivity contribution >= 4 is 11.9 Å². The highest BCUT2D eigenvalue weighted by molar-refractivity contribution is 6.00. The van der Waals surface area contributed by atoms with Gasteiger partial charge in [-0.2, -0.15) is 0 Å². The van der Waals surface area contributed by atoms with Crippen LogP contribution in [0, 0.1) is 0 Å². The van der Waals surface area contributed by atoms with Crippen molar-refractivity contribution in [1.82, 2.24) is 10.2 Å². The van der Waals surface area contributed by atoms with Crippen molar-refractivity contribution in [3.63, 3.8) is 0 Å². The molecule has 0 saturated carbocycles. The maximum Gasteiger partial charge on any atom is 0.356 e. The van der Waals surface area contributed by atoms with Crippen LogP contribution in [0.1, 0.15) is 10.4 Å². The SMILES string of the molecule is COC(=O)/C(=C\N(C)C)N[13C](=O)c1ccccc1. The van der Waals surface area contributed by atoms with Crippen molar-refractivity contribution < 1.29 is 14.3 Å². The highest BCUT2D eigenvalue weighted by Gasteiger charge is 2.14. The van der Waals surface area contributed by atoms with E-state index in [1.54, 1.807) is 43.3 Å². The third-order valence-electron chi connectivity index (χ3n) is 2.08. The van der Waals surface area contributed by atoms with Crippen LogP contribution in [0.3, 0.4) is 0 Å². The topological polar surface area (TPSA) is 58.6 Å². The maximum absolute atomic E-state index is 11.9. The van der Waals surface area contributed by atoms with Gasteiger partial charge in [0.05, 0.1) is 7.11 Å². The van der Waals surface area contributed by atoms with Gasteiger partial charge in [-0.15, -0.1) is 0 Å². The van der Waals surface area contributed by atoms with Crippen LogP contribution in [0.4, 0.5) is 0 Å². The van der Waals surface area contributed by atoms with Crippen molar-refractivity contribution in [3.05, 3.63) is 47.8 Å². The summed E-state index contributed by atoms with van der Waals surface area (Å²) in [7, 11) is 4.76. The number of nitrogens with one attached hydrogen (secondary N) is 1. The van der Waals surface area contributed by atoms with Gasteiger partial charge in [0.25, 0.3) is 5.91 Å². The molecule has 0 aliphatic rings. The first kappa shape index (κ1) is 13.8. The van der Waals surface area contributed by atoms with E-state index in [1.807, 2.05) is 6.07 Å². The zero-order chi connectivity index (χ0) is 13.5. The number of methoxy groups -OCH3 is 1. The van der Waals surface area contributed by atoms with Gasteiger partial charge in [0, 0.05) is 25.9 Å². The van der Waals surface area contributed by atoms with Crippen LogP contribution in [0.2, 0.25) is 0 Å². The van der Waals surface area contributed by atoms with Gasteiger partial charge in [0.2, 0.25) is 0 Å². The van der Waals surface area contributed by atoms with Crippen LogP contribution >= 0.6 is 0 Å². The Morgan fingerprint density at radius 2 is 1.83 bits per heavy atom. The number of esters is 1. The molecule has 0 spiro atoms. The molecule has 18 heavy (non-hydrogen) atoms. The first-order valence-corrected chi connectivity index (χ1v) is 5.37. The molecule has 96 valence electrons. The molecule has 0 aliphatic heterocycles. The summed E-state index contributed by atoms with van der Waals surface area (Å²) in [5.74, 6) is -0.943. The Hall–Kier alpha value is -2.30. The van der Waals surface area contributed by atoms with Crippen molar-refractivity contribution in [2.75, 3.05) is 21.2 Å². The molecular formula is C13H16N2O3. The van der Waals surface area contributed by atoms with Crippen LogP contribution < -0.4 is 5.32 Å². The van der Waals surface area contributed by atoms with Gasteiger partial charge in [0.1, 0.15) is 5.70 Å². The van der Waals surface area contributed by atoms with Crippen LogP contribution in [0.5, 0.6) is 0 Å². The van der Waals surface area contributed by atoms with Gasteiger partial charge in [-0.05, 0) is 12.1 Å². The fourth-order valence-corrected chi connectivity index (χ4v) is 1.29. The minimum absolute atomic E-state index is 0.0938. The van der Waals surface area contributed by atoms with E-state index >= 15 is 0 Å². The minimum atomic E-state index is -0.590. The highest BCUT2D eigenvalue weighted by Crippen LogP contribution is 2.01. The summed E-state index contributed by atoms with van der Waals surface area (Å²) < 4.78 is 4.60. The number of hydrogen-bond acceptors (Lipinski definition) is 4. The number of amides is 1. The van der Waals surface area contributed by atoms with E-state index in [0.717, 1.165) is 0 Å². The van der Waals surface area contributed by atoms with Crippen molar-refractivity contribution in [2.45, 2.75) is 0 Å². The highest BCUT2D eigenvalue weighted by atomic mass is 16.5. The van der Waals surface area contributed by atoms with Crippen LogP contribution in [0.15, 0.2) is 42.2 Å². The lowest BCUT2D eigenvalue weighted by Crippen LogP contribution is -2.29. The lowest BCUT2D eigenvalue weighted by molar-refractivity contribution is -0.136. The Balaban J connectivity index is 2.85. The molecule has 5 heteroatoms. The Kier molecular flexibility index (Phi) is 4.92. The number of ether oxygens (including phenoxy) is 1. The zero-order valence-corrected chi connectivity index (χ0v) is 10.6. The second-order valence-electron chi connectivity index (χ2n) is 3.82. The van der Waals surface area contributed by atoms with Gasteiger partial charge in [-0.25, -0.2) is 4.79 Å². The molecule has 0 saturated heterocycles. The summed E-state index contributed by atoms with van der Waals surface area (Å²) in [6.07, 6.45) is 1.49. The molecule has 0 bridgehead atoms. The molecule has 0 unspecified atom stereocenters. The van der Waals surface area contributed by atoms with E-state index in [9.17, 15) is 9.59 Å². The molecule has 5 nitrogen and oxygen atoms in total. The van der Waals surface area contributed by atoms with E-state index in [2.05, 4.69) is 10.1 Å². The van der Waals surface area contributed by atoms with Gasteiger partial charge < -0.3 is 15.0 Å². The van der Waals surface area contributed by atoms with Crippen LogP contribution in [0.25, 0.3) is 0 Å². The average molecular weight is 249 g/mol. The second kappa shape index (κ2) is 6.44. The Morgan fingerprint density at radius 1 is 1.22 bits per heavy atom. The number of rotatable bonds is 4. The molecule has 0 fully saturated rings. The summed E-state index contributed by atoms with van der Waals surface area (Å²) in [4.78, 5) is 25.0. The van der Waals surface area contributed by atoms with E-state index in [4.69, 9.17) is 0 Å². The lowest BCUT2D eigenvalue weighted by atomic mass is 10.3. The predicted molar refractivity (Wildman–Crippen MR) is 67.7 cm³/mol. The average Bonchev–Trinajstić information content (AvgIpc) is 2.37. The van der Waals surface area contributed by atoms with Gasteiger partial charge in [-0.3, -0.25) is 4.79 Å². The molecule has 1 N–H and O–H groups in total. The molecule has 0 radical (unpaired) electrons. The van der Waals surface area contributed by atoms with Crippen LogP contribution in [-0.2, 0) is 9.53 Å². The summed E-state index contributed by atoms with van der Waals surface area (Å²) in [6.45, 7) is 0. The standard InChI is InChI=1S/C13H16N2O3/c1-15(2)9-11(13(17)18-3)14-12(16)10-7-5-4-6-8-10/h4-9H,1-3H3,(H,14,16)/b11-9+/i12+1. The molecule has 1 aromatic rings. The normalized spacial score (nSPS) is 10.7. The molecular weight excluding hydrogens is 233 g/mol. The van der Waals surface area contributed by atoms with E-state index in [1.165, 1.54) is 13.3 Å². The number of carbonyl (C=O) groups excluding carboxylic acids is 2. The Labute approximate surface area is 106 Å². The Morgan fingerprint density at radius 3 is 2.33 bits per heavy atom. The van der Waals surface area contributed by atoms with Crippen molar-refractivity contribution in [2.24, 2.45) is 0 Å². The number of hydrogen-bond donors (Lipinski definition) is 1. The minimum Gasteiger partial charge on any atom is -0.464 e. The molecule has 1 amide bonds. The predicted octanol–water partition coefficient (Wildman–Crippen LogP) is 0.992. The monoisotopic (exact) mass is 249 g/mol. The second-order valence-corrected chi connectivity index (χ2v) is 3.82. The molecule has 1 aromatic carbocycles. The Bertz CT molecular complexity index is 453. The lowest BCUT2D eigenvalue weighted by Gasteiger charge is -2.11. The first-order valence-electron chi connectivity index (χ1n) is 5.37. The third kappa shape index (κ3) is 3.93. The van der Waals surface area contributed by atoms with Crippen molar-refractivity contribution in [3.8, 4) is 0 Å². The molecule has 1 rings (SSSR count). The summed E-state index contributed by atoms with van der Waals surface area (Å²) in [5, 5.41) is 2.52. The largest absolute Gasteiger partial charge is 0.464 e. The van der Waals surface area contributed by atoms with E-state index in [-0.39, 0.29) is 11.6 Å². The number of benzene rings is 1. The van der Waals surface area contributed by atoms with Crippen molar-refractivity contribution in [1.29, 1.82) is 0 Å². The summed E-state index contributed by atoms with van der Waals surface area (Å²) in [5.41, 5.74) is 0.572. The first-order chi connectivity index (χ1) is 8.54. The molecule has 0 aliphatic carbocycles. The molecule has 0 atom stereocenters. The summed E-state index contributed by atoms with van der Waals surface area (Å²) in [6, 6.07) is 8.65. The third-order valence-corrected chi connectivity index (χ3v) is 2.08. The summed E-state index contributed by atoms with van der Waals surface area (Å²) >= 11 is 0. The maximum atomic E-state index is 11.9. The van der Waals surface area contributed by atoms with Gasteiger partial charge >= 0.3 is 5.97 Å². The molecule has 0 aromatic heterocycles. The number of nitrogens with zero attached hydrogens (tertiary/aromatic N) is 1. The zero-order valence-electron chi connectivity index (χ0n) is 10.6. The van der Waals surface area contributed by atoms with E-state index in [0.29, 0.717) is 5.56 Å². The smallest absolute Gasteiger partial charge is 0.356 e. The van der Waals surface area contributed by atoms with Gasteiger partial charge in [-0.1, -0.05) is 18.2 Å². The molecule has 0 heterocycles. The van der Waals surface area contributed by atoms with Gasteiger partial charge in [0.15, 0.2) is 0 Å². The van der Waals surface area contributed by atoms with Crippen LogP contribution in [-0.4, -0.2) is 38.0 Å². The van der Waals surface area contributed by atoms with E-state index < -0.39 is 5.97 Å². The fraction of sp³-hybridized carbons (Fsp3) is 0.231. The number of carbonyl (C=O) groups is 2.